The lowest BCUT2D eigenvalue weighted by Crippen LogP contribution is -2.13. The van der Waals surface area contributed by atoms with Crippen LogP contribution in [0.2, 0.25) is 5.02 Å². The molecule has 0 saturated heterocycles. The van der Waals surface area contributed by atoms with Crippen LogP contribution in [0.5, 0.6) is 11.5 Å². The highest BCUT2D eigenvalue weighted by atomic mass is 35.5. The Morgan fingerprint density at radius 1 is 1.35 bits per heavy atom. The molecule has 3 nitrogen and oxygen atoms in total. The molecule has 0 bridgehead atoms. The van der Waals surface area contributed by atoms with Crippen molar-refractivity contribution in [3.05, 3.63) is 22.7 Å². The van der Waals surface area contributed by atoms with Crippen molar-refractivity contribution in [2.45, 2.75) is 31.8 Å². The van der Waals surface area contributed by atoms with Crippen LogP contribution < -0.4 is 9.47 Å². The molecule has 2 rings (SSSR count). The summed E-state index contributed by atoms with van der Waals surface area (Å²) < 4.78 is 11.1. The van der Waals surface area contributed by atoms with Crippen molar-refractivity contribution in [1.82, 2.24) is 0 Å². The van der Waals surface area contributed by atoms with Crippen molar-refractivity contribution in [2.75, 3.05) is 7.11 Å². The molecule has 1 fully saturated rings. The van der Waals surface area contributed by atoms with E-state index in [1.165, 1.54) is 12.8 Å². The summed E-state index contributed by atoms with van der Waals surface area (Å²) in [7, 11) is 1.55. The monoisotopic (exact) mass is 254 g/mol. The molecule has 17 heavy (non-hydrogen) atoms. The molecule has 0 N–H and O–H groups in total. The van der Waals surface area contributed by atoms with Gasteiger partial charge in [-0.05, 0) is 37.8 Å². The number of hydrogen-bond acceptors (Lipinski definition) is 3. The molecule has 1 aliphatic rings. The van der Waals surface area contributed by atoms with Crippen LogP contribution in [0, 0.1) is 0 Å². The van der Waals surface area contributed by atoms with Gasteiger partial charge in [0.2, 0.25) is 0 Å². The second kappa shape index (κ2) is 5.41. The van der Waals surface area contributed by atoms with E-state index in [1.54, 1.807) is 19.2 Å². The van der Waals surface area contributed by atoms with Crippen LogP contribution in [-0.2, 0) is 0 Å². The number of carbonyl (C=O) groups excluding carboxylic acids is 1. The quantitative estimate of drug-likeness (QED) is 0.772. The second-order valence-electron chi connectivity index (χ2n) is 4.13. The predicted molar refractivity (Wildman–Crippen MR) is 66.3 cm³/mol. The Kier molecular flexibility index (Phi) is 3.89. The van der Waals surface area contributed by atoms with Crippen molar-refractivity contribution >= 4 is 17.9 Å². The maximum absolute atomic E-state index is 11.1. The molecule has 0 atom stereocenters. The zero-order valence-electron chi connectivity index (χ0n) is 9.74. The molecule has 0 amide bonds. The van der Waals surface area contributed by atoms with Crippen molar-refractivity contribution < 1.29 is 14.3 Å². The summed E-state index contributed by atoms with van der Waals surface area (Å²) in [5, 5.41) is 0.397. The van der Waals surface area contributed by atoms with E-state index >= 15 is 0 Å². The topological polar surface area (TPSA) is 35.5 Å². The van der Waals surface area contributed by atoms with Gasteiger partial charge in [-0.2, -0.15) is 0 Å². The van der Waals surface area contributed by atoms with Gasteiger partial charge in [0.1, 0.15) is 0 Å². The Bertz CT molecular complexity index is 411. The molecule has 1 saturated carbocycles. The minimum Gasteiger partial charge on any atom is -0.493 e. The molecule has 0 aliphatic heterocycles. The van der Waals surface area contributed by atoms with Gasteiger partial charge in [-0.15, -0.1) is 0 Å². The van der Waals surface area contributed by atoms with Crippen LogP contribution >= 0.6 is 11.6 Å². The largest absolute Gasteiger partial charge is 0.493 e. The van der Waals surface area contributed by atoms with Crippen LogP contribution in [0.15, 0.2) is 12.1 Å². The highest BCUT2D eigenvalue weighted by Crippen LogP contribution is 2.37. The predicted octanol–water partition coefficient (Wildman–Crippen LogP) is 3.48. The average Bonchev–Trinajstić information content (AvgIpc) is 2.83. The first kappa shape index (κ1) is 12.2. The fourth-order valence-corrected chi connectivity index (χ4v) is 2.31. The first-order valence-electron chi connectivity index (χ1n) is 5.74. The zero-order valence-corrected chi connectivity index (χ0v) is 10.5. The van der Waals surface area contributed by atoms with E-state index < -0.39 is 0 Å². The van der Waals surface area contributed by atoms with Crippen molar-refractivity contribution in [3.63, 3.8) is 0 Å². The van der Waals surface area contributed by atoms with Gasteiger partial charge in [0.25, 0.3) is 0 Å². The number of rotatable bonds is 4. The minimum absolute atomic E-state index is 0.168. The van der Waals surface area contributed by atoms with Gasteiger partial charge in [-0.25, -0.2) is 0 Å². The Morgan fingerprint density at radius 2 is 2.06 bits per heavy atom. The zero-order chi connectivity index (χ0) is 12.3. The second-order valence-corrected chi connectivity index (χ2v) is 4.54. The third-order valence-corrected chi connectivity index (χ3v) is 3.36. The summed E-state index contributed by atoms with van der Waals surface area (Å²) in [6.07, 6.45) is 5.27. The SMILES string of the molecule is COc1ccc(Cl)c(C=O)c1OC1CCCC1. The Morgan fingerprint density at radius 3 is 2.65 bits per heavy atom. The van der Waals surface area contributed by atoms with E-state index in [1.807, 2.05) is 0 Å². The van der Waals surface area contributed by atoms with Crippen molar-refractivity contribution in [1.29, 1.82) is 0 Å². The summed E-state index contributed by atoms with van der Waals surface area (Å²) in [6, 6.07) is 3.37. The molecule has 0 heterocycles. The number of aldehydes is 1. The highest BCUT2D eigenvalue weighted by molar-refractivity contribution is 6.33. The number of methoxy groups -OCH3 is 1. The van der Waals surface area contributed by atoms with Gasteiger partial charge >= 0.3 is 0 Å². The van der Waals surface area contributed by atoms with E-state index in [2.05, 4.69) is 0 Å². The van der Waals surface area contributed by atoms with Gasteiger partial charge < -0.3 is 9.47 Å². The molecule has 1 aromatic carbocycles. The maximum Gasteiger partial charge on any atom is 0.173 e. The van der Waals surface area contributed by atoms with E-state index in [0.717, 1.165) is 19.1 Å². The maximum atomic E-state index is 11.1. The molecular formula is C13H15ClO3. The standard InChI is InChI=1S/C13H15ClO3/c1-16-12-7-6-11(14)10(8-15)13(12)17-9-4-2-3-5-9/h6-9H,2-5H2,1H3. The Balaban J connectivity index is 2.33. The smallest absolute Gasteiger partial charge is 0.173 e. The van der Waals surface area contributed by atoms with Crippen LogP contribution in [0.3, 0.4) is 0 Å². The summed E-state index contributed by atoms with van der Waals surface area (Å²) in [4.78, 5) is 11.1. The summed E-state index contributed by atoms with van der Waals surface area (Å²) >= 11 is 5.98. The molecule has 0 radical (unpaired) electrons. The number of hydrogen-bond donors (Lipinski definition) is 0. The average molecular weight is 255 g/mol. The van der Waals surface area contributed by atoms with Crippen LogP contribution in [0.25, 0.3) is 0 Å². The van der Waals surface area contributed by atoms with E-state index in [4.69, 9.17) is 21.1 Å². The van der Waals surface area contributed by atoms with Gasteiger partial charge in [-0.3, -0.25) is 4.79 Å². The molecule has 0 aromatic heterocycles. The number of benzene rings is 1. The molecular weight excluding hydrogens is 240 g/mol. The molecule has 92 valence electrons. The van der Waals surface area contributed by atoms with Gasteiger partial charge in [0.05, 0.1) is 23.8 Å². The first-order valence-corrected chi connectivity index (χ1v) is 6.12. The van der Waals surface area contributed by atoms with Crippen LogP contribution in [-0.4, -0.2) is 19.5 Å². The summed E-state index contributed by atoms with van der Waals surface area (Å²) in [6.45, 7) is 0. The number of ether oxygens (including phenoxy) is 2. The first-order chi connectivity index (χ1) is 8.26. The lowest BCUT2D eigenvalue weighted by atomic mass is 10.2. The fraction of sp³-hybridized carbons (Fsp3) is 0.462. The van der Waals surface area contributed by atoms with Gasteiger partial charge in [0.15, 0.2) is 17.8 Å². The van der Waals surface area contributed by atoms with E-state index in [9.17, 15) is 4.79 Å². The molecule has 0 unspecified atom stereocenters. The summed E-state index contributed by atoms with van der Waals surface area (Å²) in [5.74, 6) is 1.03. The highest BCUT2D eigenvalue weighted by Gasteiger charge is 2.21. The third kappa shape index (κ3) is 2.55. The molecule has 1 aliphatic carbocycles. The number of carbonyl (C=O) groups is 1. The Hall–Kier alpha value is -1.22. The lowest BCUT2D eigenvalue weighted by molar-refractivity contribution is 0.111. The Labute approximate surface area is 106 Å². The van der Waals surface area contributed by atoms with Crippen LogP contribution in [0.1, 0.15) is 36.0 Å². The third-order valence-electron chi connectivity index (χ3n) is 3.03. The molecule has 1 aromatic rings. The molecule has 4 heteroatoms. The molecule has 0 spiro atoms. The van der Waals surface area contributed by atoms with E-state index in [0.29, 0.717) is 22.1 Å². The van der Waals surface area contributed by atoms with Gasteiger partial charge in [-0.1, -0.05) is 11.6 Å². The normalized spacial score (nSPS) is 15.9. The fourth-order valence-electron chi connectivity index (χ4n) is 2.12. The van der Waals surface area contributed by atoms with Crippen molar-refractivity contribution in [2.24, 2.45) is 0 Å². The van der Waals surface area contributed by atoms with E-state index in [-0.39, 0.29) is 6.10 Å². The number of halogens is 1. The lowest BCUT2D eigenvalue weighted by Gasteiger charge is -2.17. The van der Waals surface area contributed by atoms with Gasteiger partial charge in [0, 0.05) is 0 Å². The minimum atomic E-state index is 0.168. The van der Waals surface area contributed by atoms with Crippen LogP contribution in [0.4, 0.5) is 0 Å². The summed E-state index contributed by atoms with van der Waals surface area (Å²) in [5.41, 5.74) is 0.373. The van der Waals surface area contributed by atoms with Crippen molar-refractivity contribution in [3.8, 4) is 11.5 Å².